The van der Waals surface area contributed by atoms with E-state index in [-0.39, 0.29) is 22.7 Å². The van der Waals surface area contributed by atoms with Crippen LogP contribution in [-0.2, 0) is 6.18 Å². The lowest BCUT2D eigenvalue weighted by Gasteiger charge is -2.06. The highest BCUT2D eigenvalue weighted by atomic mass is 32.1. The standard InChI is InChI=1S/C11H12F3N5OS/c1-3-4-20-10-18-7(17-9(15-2)19-10)6-5-16-8(21-6)11(12,13)14/h5H,3-4H2,1-2H3,(H,15,17,18,19). The van der Waals surface area contributed by atoms with Crippen molar-refractivity contribution in [3.63, 3.8) is 0 Å². The molecule has 1 N–H and O–H groups in total. The lowest BCUT2D eigenvalue weighted by atomic mass is 10.5. The predicted molar refractivity (Wildman–Crippen MR) is 71.3 cm³/mol. The Morgan fingerprint density at radius 1 is 1.29 bits per heavy atom. The molecule has 6 nitrogen and oxygen atoms in total. The lowest BCUT2D eigenvalue weighted by Crippen LogP contribution is -2.05. The zero-order valence-corrected chi connectivity index (χ0v) is 12.0. The van der Waals surface area contributed by atoms with E-state index in [9.17, 15) is 13.2 Å². The van der Waals surface area contributed by atoms with Gasteiger partial charge in [0.15, 0.2) is 10.8 Å². The molecule has 0 aromatic carbocycles. The Morgan fingerprint density at radius 3 is 2.62 bits per heavy atom. The maximum Gasteiger partial charge on any atom is 0.443 e. The first-order valence-corrected chi connectivity index (χ1v) is 6.85. The number of aromatic nitrogens is 4. The second-order valence-corrected chi connectivity index (χ2v) is 4.92. The van der Waals surface area contributed by atoms with Gasteiger partial charge in [-0.1, -0.05) is 6.92 Å². The summed E-state index contributed by atoms with van der Waals surface area (Å²) in [6.07, 6.45) is -2.64. The molecule has 0 saturated carbocycles. The number of anilines is 1. The van der Waals surface area contributed by atoms with Crippen molar-refractivity contribution in [3.05, 3.63) is 11.2 Å². The molecular weight excluding hydrogens is 307 g/mol. The van der Waals surface area contributed by atoms with E-state index in [1.54, 1.807) is 7.05 Å². The molecule has 10 heteroatoms. The number of rotatable bonds is 5. The fourth-order valence-electron chi connectivity index (χ4n) is 1.34. The van der Waals surface area contributed by atoms with E-state index in [4.69, 9.17) is 4.74 Å². The van der Waals surface area contributed by atoms with E-state index < -0.39 is 11.2 Å². The Balaban J connectivity index is 2.36. The first-order valence-electron chi connectivity index (χ1n) is 6.04. The first kappa shape index (κ1) is 15.4. The predicted octanol–water partition coefficient (Wildman–Crippen LogP) is 2.84. The molecule has 2 rings (SSSR count). The summed E-state index contributed by atoms with van der Waals surface area (Å²) in [6.45, 7) is 2.32. The summed E-state index contributed by atoms with van der Waals surface area (Å²) >= 11 is 0.472. The van der Waals surface area contributed by atoms with Crippen molar-refractivity contribution >= 4 is 17.3 Å². The van der Waals surface area contributed by atoms with E-state index in [0.29, 0.717) is 17.9 Å². The van der Waals surface area contributed by atoms with Crippen LogP contribution in [0.3, 0.4) is 0 Å². The molecule has 0 fully saturated rings. The highest BCUT2D eigenvalue weighted by molar-refractivity contribution is 7.15. The Hall–Kier alpha value is -1.97. The summed E-state index contributed by atoms with van der Waals surface area (Å²) in [7, 11) is 1.59. The molecule has 0 aliphatic heterocycles. The molecule has 0 aliphatic rings. The first-order chi connectivity index (χ1) is 9.94. The van der Waals surface area contributed by atoms with Crippen LogP contribution in [0, 0.1) is 0 Å². The number of nitrogens with zero attached hydrogens (tertiary/aromatic N) is 4. The zero-order chi connectivity index (χ0) is 15.5. The minimum Gasteiger partial charge on any atom is -0.463 e. The maximum atomic E-state index is 12.6. The Morgan fingerprint density at radius 2 is 2.05 bits per heavy atom. The number of halogens is 3. The average molecular weight is 319 g/mol. The van der Waals surface area contributed by atoms with Gasteiger partial charge in [0.05, 0.1) is 11.5 Å². The smallest absolute Gasteiger partial charge is 0.443 e. The average Bonchev–Trinajstić information content (AvgIpc) is 2.94. The topological polar surface area (TPSA) is 72.8 Å². The summed E-state index contributed by atoms with van der Waals surface area (Å²) in [4.78, 5) is 15.5. The largest absolute Gasteiger partial charge is 0.463 e. The minimum absolute atomic E-state index is 0.0631. The van der Waals surface area contributed by atoms with E-state index in [1.165, 1.54) is 0 Å². The van der Waals surface area contributed by atoms with E-state index in [1.807, 2.05) is 6.92 Å². The van der Waals surface area contributed by atoms with Gasteiger partial charge in [0.25, 0.3) is 0 Å². The van der Waals surface area contributed by atoms with E-state index in [0.717, 1.165) is 12.6 Å². The van der Waals surface area contributed by atoms with Gasteiger partial charge in [0.2, 0.25) is 5.95 Å². The van der Waals surface area contributed by atoms with Gasteiger partial charge >= 0.3 is 12.2 Å². The van der Waals surface area contributed by atoms with Crippen molar-refractivity contribution < 1.29 is 17.9 Å². The molecule has 0 spiro atoms. The Kier molecular flexibility index (Phi) is 4.56. The number of ether oxygens (including phenoxy) is 1. The van der Waals surface area contributed by atoms with Crippen LogP contribution >= 0.6 is 11.3 Å². The van der Waals surface area contributed by atoms with Gasteiger partial charge in [0, 0.05) is 13.2 Å². The quantitative estimate of drug-likeness (QED) is 0.913. The maximum absolute atomic E-state index is 12.6. The molecule has 21 heavy (non-hydrogen) atoms. The molecular formula is C11H12F3N5OS. The van der Waals surface area contributed by atoms with Crippen LogP contribution in [0.5, 0.6) is 6.01 Å². The summed E-state index contributed by atoms with van der Waals surface area (Å²) in [5.41, 5.74) is 0. The Bertz CT molecular complexity index is 616. The summed E-state index contributed by atoms with van der Waals surface area (Å²) < 4.78 is 43.0. The third kappa shape index (κ3) is 3.78. The summed E-state index contributed by atoms with van der Waals surface area (Å²) in [5.74, 6) is 0.307. The van der Waals surface area contributed by atoms with Crippen molar-refractivity contribution in [3.8, 4) is 16.7 Å². The van der Waals surface area contributed by atoms with Crippen molar-refractivity contribution in [2.75, 3.05) is 19.0 Å². The molecule has 2 aromatic rings. The number of thiazole rings is 1. The van der Waals surface area contributed by atoms with Gasteiger partial charge < -0.3 is 10.1 Å². The third-order valence-corrected chi connectivity index (χ3v) is 3.28. The van der Waals surface area contributed by atoms with Gasteiger partial charge in [-0.2, -0.15) is 28.1 Å². The number of alkyl halides is 3. The lowest BCUT2D eigenvalue weighted by molar-refractivity contribution is -0.137. The van der Waals surface area contributed by atoms with Crippen LogP contribution in [0.1, 0.15) is 18.4 Å². The number of nitrogens with one attached hydrogen (secondary N) is 1. The van der Waals surface area contributed by atoms with Crippen LogP contribution < -0.4 is 10.1 Å². The SMILES string of the molecule is CCCOc1nc(NC)nc(-c2cnc(C(F)(F)F)s2)n1. The molecule has 0 saturated heterocycles. The molecule has 2 aromatic heterocycles. The van der Waals surface area contributed by atoms with Gasteiger partial charge in [-0.15, -0.1) is 11.3 Å². The normalized spacial score (nSPS) is 11.5. The molecule has 114 valence electrons. The van der Waals surface area contributed by atoms with Gasteiger partial charge in [-0.25, -0.2) is 4.98 Å². The monoisotopic (exact) mass is 319 g/mol. The molecule has 0 bridgehead atoms. The van der Waals surface area contributed by atoms with Crippen LogP contribution in [0.4, 0.5) is 19.1 Å². The number of hydrogen-bond donors (Lipinski definition) is 1. The van der Waals surface area contributed by atoms with Crippen LogP contribution in [0.15, 0.2) is 6.20 Å². The van der Waals surface area contributed by atoms with Gasteiger partial charge in [0.1, 0.15) is 0 Å². The van der Waals surface area contributed by atoms with E-state index in [2.05, 4.69) is 25.3 Å². The highest BCUT2D eigenvalue weighted by Crippen LogP contribution is 2.35. The number of hydrogen-bond acceptors (Lipinski definition) is 7. The fourth-order valence-corrected chi connectivity index (χ4v) is 2.06. The van der Waals surface area contributed by atoms with Gasteiger partial charge in [-0.3, -0.25) is 0 Å². The molecule has 2 heterocycles. The fraction of sp³-hybridized carbons (Fsp3) is 0.455. The van der Waals surface area contributed by atoms with Crippen LogP contribution in [0.2, 0.25) is 0 Å². The molecule has 0 aliphatic carbocycles. The van der Waals surface area contributed by atoms with Crippen molar-refractivity contribution in [2.45, 2.75) is 19.5 Å². The van der Waals surface area contributed by atoms with Crippen LogP contribution in [-0.4, -0.2) is 33.6 Å². The van der Waals surface area contributed by atoms with Crippen molar-refractivity contribution in [2.24, 2.45) is 0 Å². The Labute approximate surface area is 122 Å². The molecule has 0 atom stereocenters. The molecule has 0 unspecified atom stereocenters. The van der Waals surface area contributed by atoms with Crippen LogP contribution in [0.25, 0.3) is 10.7 Å². The second-order valence-electron chi connectivity index (χ2n) is 3.89. The van der Waals surface area contributed by atoms with E-state index >= 15 is 0 Å². The van der Waals surface area contributed by atoms with Crippen molar-refractivity contribution in [1.82, 2.24) is 19.9 Å². The summed E-state index contributed by atoms with van der Waals surface area (Å²) in [6, 6.07) is 0.0631. The summed E-state index contributed by atoms with van der Waals surface area (Å²) in [5, 5.41) is 1.77. The van der Waals surface area contributed by atoms with Crippen molar-refractivity contribution in [1.29, 1.82) is 0 Å². The highest BCUT2D eigenvalue weighted by Gasteiger charge is 2.35. The second kappa shape index (κ2) is 6.20. The zero-order valence-electron chi connectivity index (χ0n) is 11.2. The third-order valence-electron chi connectivity index (χ3n) is 2.24. The minimum atomic E-state index is -4.48. The van der Waals surface area contributed by atoms with Gasteiger partial charge in [-0.05, 0) is 6.42 Å². The molecule has 0 amide bonds. The molecule has 0 radical (unpaired) electrons.